The number of hydrogen-bond donors (Lipinski definition) is 0. The Hall–Kier alpha value is -2.46. The molecule has 0 aliphatic heterocycles. The lowest BCUT2D eigenvalue weighted by Crippen LogP contribution is -1.96. The molecular weight excluding hydrogens is 294 g/mol. The van der Waals surface area contributed by atoms with Gasteiger partial charge in [0.1, 0.15) is 11.5 Å². The Morgan fingerprint density at radius 1 is 0.818 bits per heavy atom. The van der Waals surface area contributed by atoms with Crippen LogP contribution in [0.5, 0.6) is 11.5 Å². The van der Waals surface area contributed by atoms with Crippen LogP contribution in [0.3, 0.4) is 0 Å². The summed E-state index contributed by atoms with van der Waals surface area (Å²) in [6.07, 6.45) is 0. The van der Waals surface area contributed by atoms with E-state index in [4.69, 9.17) is 9.47 Å². The molecule has 0 spiro atoms. The minimum absolute atomic E-state index is 0.788. The van der Waals surface area contributed by atoms with Crippen molar-refractivity contribution in [1.29, 1.82) is 0 Å². The first-order chi connectivity index (χ1) is 10.8. The Balaban J connectivity index is 2.09. The Morgan fingerprint density at radius 2 is 1.55 bits per heavy atom. The maximum atomic E-state index is 5.41. The lowest BCUT2D eigenvalue weighted by atomic mass is 10.2. The Labute approximate surface area is 132 Å². The average Bonchev–Trinajstić information content (AvgIpc) is 3.14. The van der Waals surface area contributed by atoms with E-state index in [0.29, 0.717) is 0 Å². The van der Waals surface area contributed by atoms with Crippen molar-refractivity contribution in [1.82, 2.24) is 4.57 Å². The van der Waals surface area contributed by atoms with Crippen molar-refractivity contribution in [3.63, 3.8) is 0 Å². The number of aromatic nitrogens is 1. The molecule has 22 heavy (non-hydrogen) atoms. The van der Waals surface area contributed by atoms with Gasteiger partial charge in [0.25, 0.3) is 0 Å². The number of para-hydroxylation sites is 1. The van der Waals surface area contributed by atoms with E-state index in [2.05, 4.69) is 39.6 Å². The molecule has 0 atom stereocenters. The maximum absolute atomic E-state index is 5.41. The quantitative estimate of drug-likeness (QED) is 0.539. The van der Waals surface area contributed by atoms with Gasteiger partial charge in [-0.3, -0.25) is 0 Å². The molecule has 0 saturated heterocycles. The second-order valence-electron chi connectivity index (χ2n) is 5.09. The fourth-order valence-corrected chi connectivity index (χ4v) is 3.70. The second kappa shape index (κ2) is 5.07. The van der Waals surface area contributed by atoms with Crippen LogP contribution < -0.4 is 9.47 Å². The Kier molecular flexibility index (Phi) is 3.05. The smallest absolute Gasteiger partial charge is 0.124 e. The molecule has 4 heteroatoms. The van der Waals surface area contributed by atoms with E-state index in [9.17, 15) is 0 Å². The number of methoxy groups -OCH3 is 2. The van der Waals surface area contributed by atoms with Crippen molar-refractivity contribution in [3.8, 4) is 17.2 Å². The molecule has 2 aromatic carbocycles. The molecule has 2 heterocycles. The van der Waals surface area contributed by atoms with Gasteiger partial charge in [-0.2, -0.15) is 0 Å². The topological polar surface area (TPSA) is 23.4 Å². The third-order valence-corrected chi connectivity index (χ3v) is 4.64. The zero-order chi connectivity index (χ0) is 15.1. The molecule has 0 unspecified atom stereocenters. The van der Waals surface area contributed by atoms with Gasteiger partial charge in [0.15, 0.2) is 0 Å². The van der Waals surface area contributed by atoms with E-state index in [1.165, 1.54) is 21.8 Å². The summed E-state index contributed by atoms with van der Waals surface area (Å²) in [5.74, 6) is 1.58. The van der Waals surface area contributed by atoms with Crippen molar-refractivity contribution in [3.05, 3.63) is 53.2 Å². The number of benzene rings is 2. The molecule has 110 valence electrons. The summed E-state index contributed by atoms with van der Waals surface area (Å²) in [5.41, 5.74) is 3.44. The van der Waals surface area contributed by atoms with Crippen molar-refractivity contribution in [2.24, 2.45) is 0 Å². The van der Waals surface area contributed by atoms with Crippen LogP contribution in [0.25, 0.3) is 27.5 Å². The normalized spacial score (nSPS) is 11.2. The van der Waals surface area contributed by atoms with E-state index in [-0.39, 0.29) is 0 Å². The highest BCUT2D eigenvalue weighted by Crippen LogP contribution is 2.36. The first-order valence-electron chi connectivity index (χ1n) is 7.00. The lowest BCUT2D eigenvalue weighted by Gasteiger charge is -2.11. The van der Waals surface area contributed by atoms with E-state index >= 15 is 0 Å². The number of thiophene rings is 1. The summed E-state index contributed by atoms with van der Waals surface area (Å²) in [5, 5.41) is 6.93. The zero-order valence-electron chi connectivity index (χ0n) is 12.4. The van der Waals surface area contributed by atoms with Crippen LogP contribution in [0.4, 0.5) is 0 Å². The third kappa shape index (κ3) is 1.88. The minimum Gasteiger partial charge on any atom is -0.497 e. The zero-order valence-corrected chi connectivity index (χ0v) is 13.2. The molecule has 0 saturated carbocycles. The summed E-state index contributed by atoms with van der Waals surface area (Å²) in [6.45, 7) is 0. The second-order valence-corrected chi connectivity index (χ2v) is 5.84. The monoisotopic (exact) mass is 309 g/mol. The average molecular weight is 309 g/mol. The number of nitrogens with zero attached hydrogens (tertiary/aromatic N) is 1. The molecule has 0 bridgehead atoms. The van der Waals surface area contributed by atoms with Crippen LogP contribution in [0.2, 0.25) is 0 Å². The van der Waals surface area contributed by atoms with Crippen LogP contribution >= 0.6 is 11.3 Å². The molecule has 3 nitrogen and oxygen atoms in total. The number of hydrogen-bond acceptors (Lipinski definition) is 3. The predicted octanol–water partition coefficient (Wildman–Crippen LogP) is 4.86. The summed E-state index contributed by atoms with van der Waals surface area (Å²) in [6, 6.07) is 14.4. The van der Waals surface area contributed by atoms with Crippen molar-refractivity contribution in [2.75, 3.05) is 14.2 Å². The minimum atomic E-state index is 0.788. The first kappa shape index (κ1) is 13.2. The molecule has 0 N–H and O–H groups in total. The maximum Gasteiger partial charge on any atom is 0.124 e. The Morgan fingerprint density at radius 3 is 2.27 bits per heavy atom. The number of rotatable bonds is 3. The summed E-state index contributed by atoms with van der Waals surface area (Å²) >= 11 is 1.72. The van der Waals surface area contributed by atoms with Crippen molar-refractivity contribution >= 4 is 33.1 Å². The Bertz CT molecular complexity index is 945. The van der Waals surface area contributed by atoms with Crippen LogP contribution in [0, 0.1) is 0 Å². The van der Waals surface area contributed by atoms with Gasteiger partial charge in [0.05, 0.1) is 30.9 Å². The van der Waals surface area contributed by atoms with Gasteiger partial charge in [-0.25, -0.2) is 0 Å². The van der Waals surface area contributed by atoms with E-state index in [0.717, 1.165) is 17.2 Å². The molecule has 4 aromatic rings. The van der Waals surface area contributed by atoms with Gasteiger partial charge in [0, 0.05) is 39.7 Å². The SMILES string of the molecule is COc1cc(OC)cc(-n2c3ccccc3c3cscc32)c1. The lowest BCUT2D eigenvalue weighted by molar-refractivity contribution is 0.394. The third-order valence-electron chi connectivity index (χ3n) is 3.91. The van der Waals surface area contributed by atoms with Gasteiger partial charge in [-0.15, -0.1) is 11.3 Å². The highest BCUT2D eigenvalue weighted by Gasteiger charge is 2.13. The van der Waals surface area contributed by atoms with Crippen molar-refractivity contribution < 1.29 is 9.47 Å². The van der Waals surface area contributed by atoms with Gasteiger partial charge >= 0.3 is 0 Å². The highest BCUT2D eigenvalue weighted by atomic mass is 32.1. The van der Waals surface area contributed by atoms with E-state index in [1.807, 2.05) is 18.2 Å². The molecule has 2 aromatic heterocycles. The highest BCUT2D eigenvalue weighted by molar-refractivity contribution is 7.09. The van der Waals surface area contributed by atoms with Gasteiger partial charge in [-0.1, -0.05) is 18.2 Å². The number of fused-ring (bicyclic) bond motifs is 3. The van der Waals surface area contributed by atoms with E-state index < -0.39 is 0 Å². The van der Waals surface area contributed by atoms with Crippen LogP contribution in [-0.4, -0.2) is 18.8 Å². The molecule has 0 aliphatic rings. The molecule has 0 amide bonds. The molecule has 0 aliphatic carbocycles. The van der Waals surface area contributed by atoms with Crippen LogP contribution in [-0.2, 0) is 0 Å². The first-order valence-corrected chi connectivity index (χ1v) is 7.95. The van der Waals surface area contributed by atoms with Gasteiger partial charge in [-0.05, 0) is 6.07 Å². The fraction of sp³-hybridized carbons (Fsp3) is 0.111. The molecule has 0 radical (unpaired) electrons. The molecule has 4 rings (SSSR count). The number of ether oxygens (including phenoxy) is 2. The fourth-order valence-electron chi connectivity index (χ4n) is 2.89. The molecule has 0 fully saturated rings. The standard InChI is InChI=1S/C18H15NO2S/c1-20-13-7-12(8-14(9-13)21-2)19-17-6-4-3-5-15(17)16-10-22-11-18(16)19/h3-11H,1-2H3. The summed E-state index contributed by atoms with van der Waals surface area (Å²) < 4.78 is 13.1. The largest absolute Gasteiger partial charge is 0.497 e. The summed E-state index contributed by atoms with van der Waals surface area (Å²) in [4.78, 5) is 0. The predicted molar refractivity (Wildman–Crippen MR) is 91.8 cm³/mol. The summed E-state index contributed by atoms with van der Waals surface area (Å²) in [7, 11) is 3.35. The van der Waals surface area contributed by atoms with Crippen molar-refractivity contribution in [2.45, 2.75) is 0 Å². The van der Waals surface area contributed by atoms with Gasteiger partial charge < -0.3 is 14.0 Å². The van der Waals surface area contributed by atoms with Crippen LogP contribution in [0.15, 0.2) is 53.2 Å². The van der Waals surface area contributed by atoms with E-state index in [1.54, 1.807) is 25.6 Å². The molecular formula is C18H15NO2S. The van der Waals surface area contributed by atoms with Crippen LogP contribution in [0.1, 0.15) is 0 Å². The van der Waals surface area contributed by atoms with Gasteiger partial charge in [0.2, 0.25) is 0 Å².